The zero-order valence-corrected chi connectivity index (χ0v) is 16.6. The maximum Gasteiger partial charge on any atom is 0.136 e. The van der Waals surface area contributed by atoms with E-state index in [1.165, 1.54) is 32.1 Å². The largest absolute Gasteiger partial charge is 0.303 e. The SMILES string of the molecule is CC(=O)[C@]12C[C@H](C)[C@H]3[C@@H](CC[C@H]4C[C@H](C)CC[C@@]43C)[C@@H]1CC[C@@H]2C=O. The highest BCUT2D eigenvalue weighted by Gasteiger charge is 2.65. The minimum atomic E-state index is -0.326. The van der Waals surface area contributed by atoms with E-state index in [0.717, 1.165) is 43.3 Å². The van der Waals surface area contributed by atoms with E-state index >= 15 is 0 Å². The van der Waals surface area contributed by atoms with Crippen molar-refractivity contribution < 1.29 is 9.59 Å². The summed E-state index contributed by atoms with van der Waals surface area (Å²) in [5, 5.41) is 0. The van der Waals surface area contributed by atoms with Gasteiger partial charge in [-0.2, -0.15) is 0 Å². The molecule has 0 aromatic rings. The number of hydrogen-bond acceptors (Lipinski definition) is 2. The normalized spacial score (nSPS) is 55.0. The molecule has 0 saturated heterocycles. The van der Waals surface area contributed by atoms with Gasteiger partial charge in [-0.3, -0.25) is 4.79 Å². The van der Waals surface area contributed by atoms with Gasteiger partial charge in [-0.05, 0) is 92.8 Å². The molecule has 9 atom stereocenters. The van der Waals surface area contributed by atoms with E-state index in [1.54, 1.807) is 6.92 Å². The van der Waals surface area contributed by atoms with Crippen LogP contribution in [0.3, 0.4) is 0 Å². The number of ketones is 1. The van der Waals surface area contributed by atoms with Crippen molar-refractivity contribution in [1.29, 1.82) is 0 Å². The first-order valence-electron chi connectivity index (χ1n) is 10.8. The quantitative estimate of drug-likeness (QED) is 0.637. The van der Waals surface area contributed by atoms with E-state index in [-0.39, 0.29) is 11.3 Å². The molecule has 4 rings (SSSR count). The van der Waals surface area contributed by atoms with E-state index in [2.05, 4.69) is 20.8 Å². The molecule has 0 aromatic carbocycles. The van der Waals surface area contributed by atoms with Crippen LogP contribution in [0.4, 0.5) is 0 Å². The highest BCUT2D eigenvalue weighted by atomic mass is 16.1. The molecule has 0 N–H and O–H groups in total. The molecule has 0 aromatic heterocycles. The fourth-order valence-corrected chi connectivity index (χ4v) is 8.67. The highest BCUT2D eigenvalue weighted by molar-refractivity contribution is 5.87. The Balaban J connectivity index is 1.72. The smallest absolute Gasteiger partial charge is 0.136 e. The van der Waals surface area contributed by atoms with E-state index < -0.39 is 0 Å². The zero-order valence-electron chi connectivity index (χ0n) is 16.6. The Kier molecular flexibility index (Phi) is 4.20. The van der Waals surface area contributed by atoms with Crippen LogP contribution in [0.2, 0.25) is 0 Å². The van der Waals surface area contributed by atoms with Gasteiger partial charge in [-0.1, -0.05) is 27.2 Å². The number of fused-ring (bicyclic) bond motifs is 5. The molecule has 0 bridgehead atoms. The third-order valence-electron chi connectivity index (χ3n) is 9.59. The summed E-state index contributed by atoms with van der Waals surface area (Å²) in [6, 6.07) is 0. The van der Waals surface area contributed by atoms with Crippen LogP contribution in [0.25, 0.3) is 0 Å². The molecule has 2 nitrogen and oxygen atoms in total. The first-order valence-corrected chi connectivity index (χ1v) is 10.8. The lowest BCUT2D eigenvalue weighted by Gasteiger charge is -2.63. The third-order valence-corrected chi connectivity index (χ3v) is 9.59. The molecule has 0 aliphatic heterocycles. The number of aldehydes is 1. The second kappa shape index (κ2) is 5.92. The second-order valence-electron chi connectivity index (χ2n) is 10.6. The molecule has 4 fully saturated rings. The Morgan fingerprint density at radius 3 is 2.52 bits per heavy atom. The van der Waals surface area contributed by atoms with Gasteiger partial charge in [0.05, 0.1) is 0 Å². The molecule has 4 saturated carbocycles. The fourth-order valence-electron chi connectivity index (χ4n) is 8.67. The van der Waals surface area contributed by atoms with Crippen molar-refractivity contribution in [2.75, 3.05) is 0 Å². The third kappa shape index (κ3) is 2.28. The van der Waals surface area contributed by atoms with Crippen LogP contribution in [-0.2, 0) is 9.59 Å². The van der Waals surface area contributed by atoms with Crippen LogP contribution in [-0.4, -0.2) is 12.1 Å². The second-order valence-corrected chi connectivity index (χ2v) is 10.6. The van der Waals surface area contributed by atoms with Crippen molar-refractivity contribution in [2.24, 2.45) is 52.3 Å². The summed E-state index contributed by atoms with van der Waals surface area (Å²) in [5.41, 5.74) is 0.143. The lowest BCUT2D eigenvalue weighted by Crippen LogP contribution is -2.58. The van der Waals surface area contributed by atoms with Crippen LogP contribution >= 0.6 is 0 Å². The average molecular weight is 345 g/mol. The molecular weight excluding hydrogens is 308 g/mol. The van der Waals surface area contributed by atoms with Crippen molar-refractivity contribution in [2.45, 2.75) is 79.1 Å². The van der Waals surface area contributed by atoms with Crippen LogP contribution in [0.5, 0.6) is 0 Å². The van der Waals surface area contributed by atoms with Gasteiger partial charge in [0.1, 0.15) is 12.1 Å². The van der Waals surface area contributed by atoms with Crippen LogP contribution in [0.15, 0.2) is 0 Å². The van der Waals surface area contributed by atoms with Crippen molar-refractivity contribution in [3.8, 4) is 0 Å². The molecule has 4 aliphatic carbocycles. The maximum absolute atomic E-state index is 12.8. The zero-order chi connectivity index (χ0) is 18.0. The predicted molar refractivity (Wildman–Crippen MR) is 100.0 cm³/mol. The molecule has 25 heavy (non-hydrogen) atoms. The Bertz CT molecular complexity index is 568. The van der Waals surface area contributed by atoms with Crippen LogP contribution < -0.4 is 0 Å². The number of Topliss-reactive ketones (excluding diaryl/α,β-unsaturated/α-hetero) is 1. The summed E-state index contributed by atoms with van der Waals surface area (Å²) < 4.78 is 0. The minimum Gasteiger partial charge on any atom is -0.303 e. The highest BCUT2D eigenvalue weighted by Crippen LogP contribution is 2.69. The Morgan fingerprint density at radius 2 is 1.84 bits per heavy atom. The summed E-state index contributed by atoms with van der Waals surface area (Å²) in [6.45, 7) is 9.20. The van der Waals surface area contributed by atoms with Gasteiger partial charge in [0.2, 0.25) is 0 Å². The summed E-state index contributed by atoms with van der Waals surface area (Å²) in [7, 11) is 0. The fraction of sp³-hybridized carbons (Fsp3) is 0.913. The number of hydrogen-bond donors (Lipinski definition) is 0. The Morgan fingerprint density at radius 1 is 1.08 bits per heavy atom. The molecule has 0 spiro atoms. The molecule has 0 radical (unpaired) electrons. The van der Waals surface area contributed by atoms with Gasteiger partial charge in [0, 0.05) is 11.3 Å². The molecule has 0 amide bonds. The number of rotatable bonds is 2. The maximum atomic E-state index is 12.8. The molecular formula is C23H36O2. The van der Waals surface area contributed by atoms with E-state index in [9.17, 15) is 9.59 Å². The van der Waals surface area contributed by atoms with Crippen molar-refractivity contribution >= 4 is 12.1 Å². The first-order chi connectivity index (χ1) is 11.8. The van der Waals surface area contributed by atoms with E-state index in [1.807, 2.05) is 0 Å². The molecule has 0 unspecified atom stereocenters. The van der Waals surface area contributed by atoms with Gasteiger partial charge in [0.25, 0.3) is 0 Å². The van der Waals surface area contributed by atoms with Gasteiger partial charge in [0.15, 0.2) is 0 Å². The summed E-state index contributed by atoms with van der Waals surface area (Å²) in [4.78, 5) is 24.7. The number of carbonyl (C=O) groups excluding carboxylic acids is 2. The topological polar surface area (TPSA) is 34.1 Å². The summed E-state index contributed by atoms with van der Waals surface area (Å²) in [6.07, 6.45) is 11.0. The van der Waals surface area contributed by atoms with Gasteiger partial charge in [-0.25, -0.2) is 0 Å². The lowest BCUT2D eigenvalue weighted by atomic mass is 9.41. The molecule has 0 heterocycles. The van der Waals surface area contributed by atoms with Crippen molar-refractivity contribution in [3.05, 3.63) is 0 Å². The van der Waals surface area contributed by atoms with E-state index in [4.69, 9.17) is 0 Å². The van der Waals surface area contributed by atoms with Crippen molar-refractivity contribution in [3.63, 3.8) is 0 Å². The standard InChI is InChI=1S/C23H36O2/c1-14-9-10-22(4)17(11-14)5-7-19-20-8-6-18(13-24)23(20,16(3)25)12-15(2)21(19)22/h13-15,17-21H,5-12H2,1-4H3/t14-,15+,17+,18-,19+,20+,21+,22+,23+/m1/s1. The lowest BCUT2D eigenvalue weighted by molar-refractivity contribution is -0.164. The average Bonchev–Trinajstić information content (AvgIpc) is 2.94. The van der Waals surface area contributed by atoms with Crippen LogP contribution in [0, 0.1) is 52.3 Å². The van der Waals surface area contributed by atoms with Gasteiger partial charge < -0.3 is 4.79 Å². The number of carbonyl (C=O) groups is 2. The molecule has 4 aliphatic rings. The predicted octanol–water partition coefficient (Wildman–Crippen LogP) is 5.30. The van der Waals surface area contributed by atoms with Gasteiger partial charge in [-0.15, -0.1) is 0 Å². The Labute approximate surface area is 153 Å². The molecule has 140 valence electrons. The summed E-state index contributed by atoms with van der Waals surface area (Å²) in [5.74, 6) is 4.54. The monoisotopic (exact) mass is 344 g/mol. The Hall–Kier alpha value is -0.660. The van der Waals surface area contributed by atoms with Crippen LogP contribution in [0.1, 0.15) is 79.1 Å². The van der Waals surface area contributed by atoms with E-state index in [0.29, 0.717) is 29.0 Å². The molecule has 2 heteroatoms. The summed E-state index contributed by atoms with van der Waals surface area (Å²) >= 11 is 0. The first kappa shape index (κ1) is 17.7. The van der Waals surface area contributed by atoms with Gasteiger partial charge >= 0.3 is 0 Å². The van der Waals surface area contributed by atoms with Crippen molar-refractivity contribution in [1.82, 2.24) is 0 Å². The minimum absolute atomic E-state index is 0.0182.